The van der Waals surface area contributed by atoms with Gasteiger partial charge in [0.15, 0.2) is 0 Å². The van der Waals surface area contributed by atoms with Crippen molar-refractivity contribution in [2.45, 2.75) is 25.2 Å². The van der Waals surface area contributed by atoms with E-state index in [2.05, 4.69) is 0 Å². The van der Waals surface area contributed by atoms with Gasteiger partial charge in [0.05, 0.1) is 4.92 Å². The highest BCUT2D eigenvalue weighted by atomic mass is 16.6. The van der Waals surface area contributed by atoms with Crippen molar-refractivity contribution in [1.29, 1.82) is 0 Å². The third-order valence-electron chi connectivity index (χ3n) is 3.22. The lowest BCUT2D eigenvalue weighted by atomic mass is 9.90. The molecule has 0 heterocycles. The Balaban J connectivity index is 2.58. The Hall–Kier alpha value is -1.42. The van der Waals surface area contributed by atoms with Crippen LogP contribution in [0.5, 0.6) is 0 Å². The molecule has 2 rings (SSSR count). The van der Waals surface area contributed by atoms with Crippen LogP contribution in [0.2, 0.25) is 0 Å². The van der Waals surface area contributed by atoms with E-state index in [1.807, 2.05) is 13.0 Å². The zero-order valence-corrected chi connectivity index (χ0v) is 8.69. The molecule has 0 amide bonds. The van der Waals surface area contributed by atoms with Gasteiger partial charge in [-0.05, 0) is 25.3 Å². The van der Waals surface area contributed by atoms with Gasteiger partial charge in [0.25, 0.3) is 5.69 Å². The fraction of sp³-hybridized carbons (Fsp3) is 0.455. The summed E-state index contributed by atoms with van der Waals surface area (Å²) in [5.41, 5.74) is 7.64. The molecule has 0 radical (unpaired) electrons. The maximum absolute atomic E-state index is 10.9. The summed E-state index contributed by atoms with van der Waals surface area (Å²) in [6.07, 6.45) is 1.93. The van der Waals surface area contributed by atoms with Gasteiger partial charge in [0.2, 0.25) is 0 Å². The summed E-state index contributed by atoms with van der Waals surface area (Å²) >= 11 is 0. The summed E-state index contributed by atoms with van der Waals surface area (Å²) in [4.78, 5) is 10.6. The first-order valence-electron chi connectivity index (χ1n) is 5.05. The van der Waals surface area contributed by atoms with Crippen LogP contribution in [0, 0.1) is 17.0 Å². The lowest BCUT2D eigenvalue weighted by Crippen LogP contribution is -2.22. The molecule has 1 aliphatic carbocycles. The zero-order valence-electron chi connectivity index (χ0n) is 8.69. The summed E-state index contributed by atoms with van der Waals surface area (Å²) in [5.74, 6) is 0. The number of benzene rings is 1. The number of hydrogen-bond acceptors (Lipinski definition) is 3. The summed E-state index contributed by atoms with van der Waals surface area (Å²) in [6, 6.07) is 5.21. The minimum Gasteiger partial charge on any atom is -0.330 e. The molecular formula is C11H14N2O2. The van der Waals surface area contributed by atoms with E-state index in [1.165, 1.54) is 0 Å². The minimum absolute atomic E-state index is 0.117. The number of aryl methyl sites for hydroxylation is 1. The summed E-state index contributed by atoms with van der Waals surface area (Å²) in [5, 5.41) is 10.9. The number of nitro groups is 1. The highest BCUT2D eigenvalue weighted by molar-refractivity contribution is 5.52. The second-order valence-electron chi connectivity index (χ2n) is 4.21. The van der Waals surface area contributed by atoms with Gasteiger partial charge in [-0.1, -0.05) is 12.1 Å². The van der Waals surface area contributed by atoms with Gasteiger partial charge in [-0.2, -0.15) is 0 Å². The molecule has 1 saturated carbocycles. The molecule has 0 unspecified atom stereocenters. The molecule has 15 heavy (non-hydrogen) atoms. The molecule has 0 atom stereocenters. The molecule has 1 aromatic rings. The number of nitrogens with two attached hydrogens (primary N) is 1. The molecule has 0 aromatic heterocycles. The molecule has 0 aliphatic heterocycles. The SMILES string of the molecule is Cc1cccc([N+](=O)[O-])c1C1(CN)CC1. The second kappa shape index (κ2) is 3.31. The van der Waals surface area contributed by atoms with E-state index < -0.39 is 0 Å². The average Bonchev–Trinajstić information content (AvgIpc) is 2.98. The van der Waals surface area contributed by atoms with Crippen molar-refractivity contribution in [2.24, 2.45) is 5.73 Å². The van der Waals surface area contributed by atoms with Gasteiger partial charge in [-0.3, -0.25) is 10.1 Å². The lowest BCUT2D eigenvalue weighted by Gasteiger charge is -2.15. The predicted octanol–water partition coefficient (Wildman–Crippen LogP) is 1.89. The number of nitrogens with zero attached hydrogens (tertiary/aromatic N) is 1. The standard InChI is InChI=1S/C11H14N2O2/c1-8-3-2-4-9(13(14)15)10(8)11(7-12)5-6-11/h2-4H,5-7,12H2,1H3. The highest BCUT2D eigenvalue weighted by Crippen LogP contribution is 2.51. The molecule has 1 fully saturated rings. The molecular weight excluding hydrogens is 192 g/mol. The summed E-state index contributed by atoms with van der Waals surface area (Å²) in [6.45, 7) is 2.41. The molecule has 80 valence electrons. The van der Waals surface area contributed by atoms with Crippen molar-refractivity contribution in [2.75, 3.05) is 6.54 Å². The molecule has 0 saturated heterocycles. The average molecular weight is 206 g/mol. The van der Waals surface area contributed by atoms with Crippen LogP contribution >= 0.6 is 0 Å². The van der Waals surface area contributed by atoms with Gasteiger partial charge in [-0.25, -0.2) is 0 Å². The Morgan fingerprint density at radius 3 is 2.67 bits per heavy atom. The molecule has 1 aromatic carbocycles. The summed E-state index contributed by atoms with van der Waals surface area (Å²) < 4.78 is 0. The first-order chi connectivity index (χ1) is 7.10. The largest absolute Gasteiger partial charge is 0.330 e. The van der Waals surface area contributed by atoms with Crippen LogP contribution in [0.3, 0.4) is 0 Å². The predicted molar refractivity (Wildman–Crippen MR) is 57.8 cm³/mol. The summed E-state index contributed by atoms with van der Waals surface area (Å²) in [7, 11) is 0. The maximum Gasteiger partial charge on any atom is 0.273 e. The van der Waals surface area contributed by atoms with Gasteiger partial charge in [0.1, 0.15) is 0 Å². The van der Waals surface area contributed by atoms with Crippen LogP contribution in [-0.2, 0) is 5.41 Å². The first kappa shape index (κ1) is 10.1. The Morgan fingerprint density at radius 1 is 1.53 bits per heavy atom. The second-order valence-corrected chi connectivity index (χ2v) is 4.21. The van der Waals surface area contributed by atoms with Crippen LogP contribution in [0.15, 0.2) is 18.2 Å². The minimum atomic E-state index is -0.307. The molecule has 0 bridgehead atoms. The molecule has 2 N–H and O–H groups in total. The number of hydrogen-bond donors (Lipinski definition) is 1. The van der Waals surface area contributed by atoms with Crippen LogP contribution in [0.1, 0.15) is 24.0 Å². The van der Waals surface area contributed by atoms with Crippen LogP contribution < -0.4 is 5.73 Å². The first-order valence-corrected chi connectivity index (χ1v) is 5.05. The maximum atomic E-state index is 10.9. The van der Waals surface area contributed by atoms with Crippen LogP contribution in [-0.4, -0.2) is 11.5 Å². The van der Waals surface area contributed by atoms with Gasteiger partial charge < -0.3 is 5.73 Å². The van der Waals surface area contributed by atoms with Gasteiger partial charge in [-0.15, -0.1) is 0 Å². The number of rotatable bonds is 3. The van der Waals surface area contributed by atoms with E-state index >= 15 is 0 Å². The van der Waals surface area contributed by atoms with Crippen molar-refractivity contribution in [3.63, 3.8) is 0 Å². The monoisotopic (exact) mass is 206 g/mol. The highest BCUT2D eigenvalue weighted by Gasteiger charge is 2.47. The number of nitro benzene ring substituents is 1. The fourth-order valence-electron chi connectivity index (χ4n) is 2.20. The van der Waals surface area contributed by atoms with E-state index in [9.17, 15) is 10.1 Å². The van der Waals surface area contributed by atoms with E-state index in [0.717, 1.165) is 24.0 Å². The quantitative estimate of drug-likeness (QED) is 0.606. The van der Waals surface area contributed by atoms with Crippen molar-refractivity contribution < 1.29 is 4.92 Å². The normalized spacial score (nSPS) is 17.5. The lowest BCUT2D eigenvalue weighted by molar-refractivity contribution is -0.385. The Morgan fingerprint density at radius 2 is 2.20 bits per heavy atom. The smallest absolute Gasteiger partial charge is 0.273 e. The van der Waals surface area contributed by atoms with Gasteiger partial charge in [0, 0.05) is 23.6 Å². The van der Waals surface area contributed by atoms with E-state index in [1.54, 1.807) is 12.1 Å². The van der Waals surface area contributed by atoms with Crippen LogP contribution in [0.4, 0.5) is 5.69 Å². The van der Waals surface area contributed by atoms with Crippen molar-refractivity contribution in [1.82, 2.24) is 0 Å². The van der Waals surface area contributed by atoms with Crippen molar-refractivity contribution in [3.05, 3.63) is 39.4 Å². The Labute approximate surface area is 88.2 Å². The van der Waals surface area contributed by atoms with Crippen molar-refractivity contribution >= 4 is 5.69 Å². The van der Waals surface area contributed by atoms with E-state index in [-0.39, 0.29) is 16.0 Å². The van der Waals surface area contributed by atoms with Gasteiger partial charge >= 0.3 is 0 Å². The topological polar surface area (TPSA) is 69.2 Å². The third kappa shape index (κ3) is 1.51. The zero-order chi connectivity index (χ0) is 11.1. The Bertz CT molecular complexity index is 411. The Kier molecular flexibility index (Phi) is 2.23. The van der Waals surface area contributed by atoms with Crippen LogP contribution in [0.25, 0.3) is 0 Å². The van der Waals surface area contributed by atoms with Crippen molar-refractivity contribution in [3.8, 4) is 0 Å². The molecule has 4 heteroatoms. The molecule has 0 spiro atoms. The fourth-order valence-corrected chi connectivity index (χ4v) is 2.20. The van der Waals surface area contributed by atoms with E-state index in [0.29, 0.717) is 6.54 Å². The van der Waals surface area contributed by atoms with E-state index in [4.69, 9.17) is 5.73 Å². The molecule has 4 nitrogen and oxygen atoms in total. The molecule has 1 aliphatic rings. The third-order valence-corrected chi connectivity index (χ3v) is 3.22.